The number of carbonyl (C=O) groups is 1. The summed E-state index contributed by atoms with van der Waals surface area (Å²) < 4.78 is 8.30. The van der Waals surface area contributed by atoms with Crippen LogP contribution in [-0.2, 0) is 11.3 Å². The van der Waals surface area contributed by atoms with E-state index in [1.807, 2.05) is 6.07 Å². The molecule has 1 aromatic carbocycles. The maximum Gasteiger partial charge on any atom is 0.339 e. The lowest BCUT2D eigenvalue weighted by atomic mass is 10.1. The fourth-order valence-electron chi connectivity index (χ4n) is 1.19. The Bertz CT molecular complexity index is 401. The van der Waals surface area contributed by atoms with E-state index >= 15 is 0 Å². The average molecular weight is 512 g/mol. The molecule has 0 spiro atoms. The van der Waals surface area contributed by atoms with E-state index in [-0.39, 0.29) is 5.97 Å². The van der Waals surface area contributed by atoms with Crippen molar-refractivity contribution < 1.29 is 9.53 Å². The topological polar surface area (TPSA) is 26.3 Å². The second-order valence-corrected chi connectivity index (χ2v) is 5.92. The van der Waals surface area contributed by atoms with Gasteiger partial charge in [-0.1, -0.05) is 0 Å². The van der Waals surface area contributed by atoms with Gasteiger partial charge in [0.25, 0.3) is 0 Å². The standard InChI is InChI=1S/C8H3I3O2/c9-4-1-3-2-13-8(12)5(3)7(11)6(4)10/h1H,2H2. The molecule has 1 aliphatic heterocycles. The molecular formula is C8H3I3O2. The summed E-state index contributed by atoms with van der Waals surface area (Å²) in [6.45, 7) is 0.428. The van der Waals surface area contributed by atoms with Crippen LogP contribution in [0.25, 0.3) is 0 Å². The second-order valence-electron chi connectivity index (χ2n) is 2.60. The third kappa shape index (κ3) is 1.71. The molecule has 0 N–H and O–H groups in total. The van der Waals surface area contributed by atoms with Crippen molar-refractivity contribution in [2.24, 2.45) is 0 Å². The monoisotopic (exact) mass is 512 g/mol. The number of carbonyl (C=O) groups excluding carboxylic acids is 1. The van der Waals surface area contributed by atoms with Crippen molar-refractivity contribution in [1.82, 2.24) is 0 Å². The summed E-state index contributed by atoms with van der Waals surface area (Å²) in [5.74, 6) is -0.186. The lowest BCUT2D eigenvalue weighted by Crippen LogP contribution is -2.00. The smallest absolute Gasteiger partial charge is 0.339 e. The number of cyclic esters (lactones) is 1. The highest BCUT2D eigenvalue weighted by Gasteiger charge is 2.26. The molecule has 0 saturated carbocycles. The minimum atomic E-state index is -0.186. The largest absolute Gasteiger partial charge is 0.457 e. The second kappa shape index (κ2) is 3.80. The molecule has 1 heterocycles. The average Bonchev–Trinajstić information content (AvgIpc) is 2.43. The summed E-state index contributed by atoms with van der Waals surface area (Å²) in [5, 5.41) is 0. The van der Waals surface area contributed by atoms with Crippen molar-refractivity contribution in [3.63, 3.8) is 0 Å². The summed E-state index contributed by atoms with van der Waals surface area (Å²) >= 11 is 6.72. The highest BCUT2D eigenvalue weighted by atomic mass is 127. The molecule has 0 saturated heterocycles. The lowest BCUT2D eigenvalue weighted by Gasteiger charge is -2.03. The van der Waals surface area contributed by atoms with Gasteiger partial charge in [0.1, 0.15) is 6.61 Å². The molecule has 0 amide bonds. The number of rotatable bonds is 0. The zero-order chi connectivity index (χ0) is 9.59. The van der Waals surface area contributed by atoms with Crippen molar-refractivity contribution in [3.05, 3.63) is 27.9 Å². The minimum Gasteiger partial charge on any atom is -0.457 e. The summed E-state index contributed by atoms with van der Waals surface area (Å²) in [7, 11) is 0. The van der Waals surface area contributed by atoms with Crippen molar-refractivity contribution in [2.45, 2.75) is 6.61 Å². The van der Waals surface area contributed by atoms with Crippen LogP contribution in [0.5, 0.6) is 0 Å². The molecule has 0 aromatic heterocycles. The van der Waals surface area contributed by atoms with Crippen LogP contribution in [0.15, 0.2) is 6.07 Å². The molecule has 0 aliphatic carbocycles. The molecule has 68 valence electrons. The highest BCUT2D eigenvalue weighted by molar-refractivity contribution is 14.1. The first-order valence-corrected chi connectivity index (χ1v) is 6.68. The Hall–Kier alpha value is 0.880. The fourth-order valence-corrected chi connectivity index (χ4v) is 3.64. The minimum absolute atomic E-state index is 0.186. The summed E-state index contributed by atoms with van der Waals surface area (Å²) in [5.41, 5.74) is 1.77. The Morgan fingerprint density at radius 1 is 1.23 bits per heavy atom. The van der Waals surface area contributed by atoms with Crippen LogP contribution in [-0.4, -0.2) is 5.97 Å². The van der Waals surface area contributed by atoms with E-state index in [1.165, 1.54) is 3.57 Å². The summed E-state index contributed by atoms with van der Waals surface area (Å²) in [6, 6.07) is 2.02. The lowest BCUT2D eigenvalue weighted by molar-refractivity contribution is 0.0534. The number of esters is 1. The summed E-state index contributed by atoms with van der Waals surface area (Å²) in [6.07, 6.45) is 0. The van der Waals surface area contributed by atoms with Crippen LogP contribution in [0.1, 0.15) is 15.9 Å². The number of benzene rings is 1. The Labute approximate surface area is 116 Å². The molecule has 1 aromatic rings. The van der Waals surface area contributed by atoms with Crippen LogP contribution in [0.2, 0.25) is 0 Å². The normalized spacial score (nSPS) is 14.2. The molecule has 0 bridgehead atoms. The number of halogens is 3. The van der Waals surface area contributed by atoms with Gasteiger partial charge < -0.3 is 4.74 Å². The van der Waals surface area contributed by atoms with Crippen LogP contribution in [0, 0.1) is 10.7 Å². The first-order valence-electron chi connectivity index (χ1n) is 3.44. The zero-order valence-corrected chi connectivity index (χ0v) is 12.7. The van der Waals surface area contributed by atoms with Gasteiger partial charge in [-0.3, -0.25) is 0 Å². The number of fused-ring (bicyclic) bond motifs is 1. The first-order chi connectivity index (χ1) is 6.11. The Kier molecular flexibility index (Phi) is 3.04. The Morgan fingerprint density at radius 2 is 1.92 bits per heavy atom. The van der Waals surface area contributed by atoms with E-state index in [2.05, 4.69) is 67.8 Å². The van der Waals surface area contributed by atoms with Crippen LogP contribution in [0.3, 0.4) is 0 Å². The van der Waals surface area contributed by atoms with Crippen molar-refractivity contribution in [1.29, 1.82) is 0 Å². The molecule has 0 atom stereocenters. The molecule has 0 radical (unpaired) electrons. The van der Waals surface area contributed by atoms with Crippen molar-refractivity contribution >= 4 is 73.7 Å². The molecule has 2 rings (SSSR count). The zero-order valence-electron chi connectivity index (χ0n) is 6.23. The maximum absolute atomic E-state index is 11.3. The van der Waals surface area contributed by atoms with Gasteiger partial charge in [-0.15, -0.1) is 0 Å². The van der Waals surface area contributed by atoms with E-state index in [1.54, 1.807) is 0 Å². The van der Waals surface area contributed by atoms with E-state index in [4.69, 9.17) is 4.74 Å². The molecule has 2 nitrogen and oxygen atoms in total. The maximum atomic E-state index is 11.3. The van der Waals surface area contributed by atoms with Crippen molar-refractivity contribution in [2.75, 3.05) is 0 Å². The predicted molar refractivity (Wildman–Crippen MR) is 73.7 cm³/mol. The quantitative estimate of drug-likeness (QED) is 0.304. The van der Waals surface area contributed by atoms with Gasteiger partial charge in [0, 0.05) is 16.3 Å². The van der Waals surface area contributed by atoms with E-state index in [0.717, 1.165) is 18.3 Å². The highest BCUT2D eigenvalue weighted by Crippen LogP contribution is 2.31. The predicted octanol–water partition coefficient (Wildman–Crippen LogP) is 3.17. The van der Waals surface area contributed by atoms with E-state index in [9.17, 15) is 4.79 Å². The van der Waals surface area contributed by atoms with Gasteiger partial charge in [-0.2, -0.15) is 0 Å². The molecular weight excluding hydrogens is 509 g/mol. The van der Waals surface area contributed by atoms with Gasteiger partial charge in [-0.25, -0.2) is 4.79 Å². The van der Waals surface area contributed by atoms with Gasteiger partial charge in [-0.05, 0) is 73.8 Å². The van der Waals surface area contributed by atoms with E-state index < -0.39 is 0 Å². The molecule has 1 aliphatic rings. The van der Waals surface area contributed by atoms with Crippen LogP contribution >= 0.6 is 67.8 Å². The van der Waals surface area contributed by atoms with Gasteiger partial charge in [0.15, 0.2) is 0 Å². The molecule has 0 unspecified atom stereocenters. The van der Waals surface area contributed by atoms with E-state index in [0.29, 0.717) is 6.61 Å². The van der Waals surface area contributed by atoms with Crippen LogP contribution in [0.4, 0.5) is 0 Å². The molecule has 13 heavy (non-hydrogen) atoms. The fraction of sp³-hybridized carbons (Fsp3) is 0.125. The number of ether oxygens (including phenoxy) is 1. The number of hydrogen-bond acceptors (Lipinski definition) is 2. The third-order valence-corrected chi connectivity index (χ3v) is 6.92. The van der Waals surface area contributed by atoms with Gasteiger partial charge in [0.2, 0.25) is 0 Å². The number of hydrogen-bond donors (Lipinski definition) is 0. The Morgan fingerprint density at radius 3 is 2.62 bits per heavy atom. The van der Waals surface area contributed by atoms with Gasteiger partial charge in [0.05, 0.1) is 5.56 Å². The summed E-state index contributed by atoms with van der Waals surface area (Å²) in [4.78, 5) is 11.3. The van der Waals surface area contributed by atoms with Crippen LogP contribution < -0.4 is 0 Å². The van der Waals surface area contributed by atoms with Gasteiger partial charge >= 0.3 is 5.97 Å². The Balaban J connectivity index is 2.75. The SMILES string of the molecule is O=C1OCc2cc(I)c(I)c(I)c21. The molecule has 5 heteroatoms. The molecule has 0 fully saturated rings. The third-order valence-electron chi connectivity index (χ3n) is 1.81. The van der Waals surface area contributed by atoms with Crippen molar-refractivity contribution in [3.8, 4) is 0 Å². The first kappa shape index (κ1) is 10.4.